The van der Waals surface area contributed by atoms with Gasteiger partial charge in [-0.1, -0.05) is 38.3 Å². The van der Waals surface area contributed by atoms with Gasteiger partial charge < -0.3 is 10.2 Å². The molecule has 1 rings (SSSR count). The second-order valence-electron chi connectivity index (χ2n) is 4.56. The average Bonchev–Trinajstić information content (AvgIpc) is 2.36. The van der Waals surface area contributed by atoms with Gasteiger partial charge in [0.15, 0.2) is 0 Å². The number of unbranched alkanes of at least 4 members (excludes halogenated alkanes) is 2. The Balaban J connectivity index is 2.60. The maximum absolute atomic E-state index is 6.28. The maximum atomic E-state index is 6.28. The summed E-state index contributed by atoms with van der Waals surface area (Å²) in [6.07, 6.45) is 5.57. The SMILES string of the molecule is CCCCCN(C)c1ncc(CNCC)cc1Cl. The van der Waals surface area contributed by atoms with E-state index in [1.807, 2.05) is 19.3 Å². The van der Waals surface area contributed by atoms with E-state index in [2.05, 4.69) is 29.0 Å². The quantitative estimate of drug-likeness (QED) is 0.733. The van der Waals surface area contributed by atoms with Gasteiger partial charge >= 0.3 is 0 Å². The first-order valence-electron chi connectivity index (χ1n) is 6.75. The summed E-state index contributed by atoms with van der Waals surface area (Å²) < 4.78 is 0. The molecule has 0 amide bonds. The van der Waals surface area contributed by atoms with E-state index in [-0.39, 0.29) is 0 Å². The Labute approximate surface area is 116 Å². The topological polar surface area (TPSA) is 28.2 Å². The molecule has 0 saturated carbocycles. The van der Waals surface area contributed by atoms with E-state index in [0.29, 0.717) is 0 Å². The molecule has 1 N–H and O–H groups in total. The van der Waals surface area contributed by atoms with E-state index in [0.717, 1.165) is 36.0 Å². The highest BCUT2D eigenvalue weighted by Gasteiger charge is 2.08. The van der Waals surface area contributed by atoms with Gasteiger partial charge in [-0.3, -0.25) is 0 Å². The highest BCUT2D eigenvalue weighted by Crippen LogP contribution is 2.23. The Morgan fingerprint density at radius 1 is 1.33 bits per heavy atom. The molecule has 3 nitrogen and oxygen atoms in total. The molecule has 18 heavy (non-hydrogen) atoms. The van der Waals surface area contributed by atoms with Gasteiger partial charge in [0.05, 0.1) is 5.02 Å². The van der Waals surface area contributed by atoms with Crippen LogP contribution in [0.15, 0.2) is 12.3 Å². The summed E-state index contributed by atoms with van der Waals surface area (Å²) in [6, 6.07) is 2.00. The minimum absolute atomic E-state index is 0.740. The van der Waals surface area contributed by atoms with E-state index < -0.39 is 0 Å². The molecule has 4 heteroatoms. The molecule has 1 aromatic rings. The van der Waals surface area contributed by atoms with Crippen LogP contribution >= 0.6 is 11.6 Å². The molecule has 0 spiro atoms. The Hall–Kier alpha value is -0.800. The van der Waals surface area contributed by atoms with E-state index >= 15 is 0 Å². The van der Waals surface area contributed by atoms with Gasteiger partial charge in [0.1, 0.15) is 5.82 Å². The molecular formula is C14H24ClN3. The fourth-order valence-corrected chi connectivity index (χ4v) is 2.16. The fourth-order valence-electron chi connectivity index (χ4n) is 1.82. The molecule has 0 bridgehead atoms. The third kappa shape index (κ3) is 4.83. The molecule has 0 aliphatic carbocycles. The molecule has 0 atom stereocenters. The molecule has 102 valence electrons. The average molecular weight is 270 g/mol. The van der Waals surface area contributed by atoms with Crippen molar-refractivity contribution in [3.05, 3.63) is 22.8 Å². The summed E-state index contributed by atoms with van der Waals surface area (Å²) in [6.45, 7) is 7.08. The van der Waals surface area contributed by atoms with Crippen LogP contribution in [0.4, 0.5) is 5.82 Å². The molecule has 0 aliphatic heterocycles. The zero-order valence-corrected chi connectivity index (χ0v) is 12.4. The van der Waals surface area contributed by atoms with E-state index in [1.54, 1.807) is 0 Å². The van der Waals surface area contributed by atoms with Crippen molar-refractivity contribution in [2.45, 2.75) is 39.7 Å². The number of nitrogens with one attached hydrogen (secondary N) is 1. The Morgan fingerprint density at radius 2 is 2.11 bits per heavy atom. The van der Waals surface area contributed by atoms with Crippen molar-refractivity contribution in [2.24, 2.45) is 0 Å². The standard InChI is InChI=1S/C14H24ClN3/c1-4-6-7-8-18(3)14-13(15)9-12(11-17-14)10-16-5-2/h9,11,16H,4-8,10H2,1-3H3. The number of hydrogen-bond acceptors (Lipinski definition) is 3. The monoisotopic (exact) mass is 269 g/mol. The van der Waals surface area contributed by atoms with Gasteiger partial charge in [-0.2, -0.15) is 0 Å². The molecule has 0 saturated heterocycles. The summed E-state index contributed by atoms with van der Waals surface area (Å²) in [7, 11) is 2.05. The van der Waals surface area contributed by atoms with Crippen molar-refractivity contribution in [1.29, 1.82) is 0 Å². The van der Waals surface area contributed by atoms with Crippen LogP contribution < -0.4 is 10.2 Å². The van der Waals surface area contributed by atoms with Crippen molar-refractivity contribution in [2.75, 3.05) is 25.0 Å². The number of hydrogen-bond donors (Lipinski definition) is 1. The lowest BCUT2D eigenvalue weighted by atomic mass is 10.2. The first-order chi connectivity index (χ1) is 8.69. The van der Waals surface area contributed by atoms with Crippen molar-refractivity contribution in [3.63, 3.8) is 0 Å². The van der Waals surface area contributed by atoms with Crippen LogP contribution in [0, 0.1) is 0 Å². The van der Waals surface area contributed by atoms with Gasteiger partial charge in [0.2, 0.25) is 0 Å². The van der Waals surface area contributed by atoms with Crippen LogP contribution in [-0.4, -0.2) is 25.1 Å². The summed E-state index contributed by atoms with van der Waals surface area (Å²) in [5.41, 5.74) is 1.13. The number of aromatic nitrogens is 1. The number of halogens is 1. The van der Waals surface area contributed by atoms with Crippen molar-refractivity contribution in [1.82, 2.24) is 10.3 Å². The summed E-state index contributed by atoms with van der Waals surface area (Å²) in [4.78, 5) is 6.60. The number of rotatable bonds is 8. The number of pyridine rings is 1. The number of anilines is 1. The smallest absolute Gasteiger partial charge is 0.147 e. The van der Waals surface area contributed by atoms with Crippen LogP contribution in [0.2, 0.25) is 5.02 Å². The second kappa shape index (κ2) is 8.33. The van der Waals surface area contributed by atoms with E-state index in [1.165, 1.54) is 19.3 Å². The lowest BCUT2D eigenvalue weighted by Gasteiger charge is -2.19. The molecular weight excluding hydrogens is 246 g/mol. The normalized spacial score (nSPS) is 10.7. The highest BCUT2D eigenvalue weighted by molar-refractivity contribution is 6.33. The first-order valence-corrected chi connectivity index (χ1v) is 7.13. The molecule has 0 unspecified atom stereocenters. The van der Waals surface area contributed by atoms with E-state index in [9.17, 15) is 0 Å². The fraction of sp³-hybridized carbons (Fsp3) is 0.643. The molecule has 0 aromatic carbocycles. The van der Waals surface area contributed by atoms with Crippen LogP contribution in [-0.2, 0) is 6.54 Å². The molecule has 0 aliphatic rings. The maximum Gasteiger partial charge on any atom is 0.147 e. The van der Waals surface area contributed by atoms with Gasteiger partial charge in [-0.25, -0.2) is 4.98 Å². The second-order valence-corrected chi connectivity index (χ2v) is 4.97. The lowest BCUT2D eigenvalue weighted by molar-refractivity contribution is 0.699. The van der Waals surface area contributed by atoms with Gasteiger partial charge in [0, 0.05) is 26.3 Å². The van der Waals surface area contributed by atoms with Crippen LogP contribution in [0.3, 0.4) is 0 Å². The largest absolute Gasteiger partial charge is 0.358 e. The lowest BCUT2D eigenvalue weighted by Crippen LogP contribution is -2.20. The van der Waals surface area contributed by atoms with Crippen molar-refractivity contribution in [3.8, 4) is 0 Å². The van der Waals surface area contributed by atoms with Gasteiger partial charge in [-0.05, 0) is 24.6 Å². The molecule has 1 heterocycles. The van der Waals surface area contributed by atoms with Crippen molar-refractivity contribution < 1.29 is 0 Å². The van der Waals surface area contributed by atoms with Crippen LogP contribution in [0.5, 0.6) is 0 Å². The summed E-state index contributed by atoms with van der Waals surface area (Å²) in [5, 5.41) is 4.01. The minimum Gasteiger partial charge on any atom is -0.358 e. The van der Waals surface area contributed by atoms with Gasteiger partial charge in [-0.15, -0.1) is 0 Å². The zero-order valence-electron chi connectivity index (χ0n) is 11.7. The van der Waals surface area contributed by atoms with Crippen molar-refractivity contribution >= 4 is 17.4 Å². The Bertz CT molecular complexity index is 355. The van der Waals surface area contributed by atoms with Crippen LogP contribution in [0.25, 0.3) is 0 Å². The van der Waals surface area contributed by atoms with E-state index in [4.69, 9.17) is 11.6 Å². The predicted octanol–water partition coefficient (Wildman–Crippen LogP) is 3.47. The number of nitrogens with zero attached hydrogens (tertiary/aromatic N) is 2. The minimum atomic E-state index is 0.740. The third-order valence-corrected chi connectivity index (χ3v) is 3.19. The Morgan fingerprint density at radius 3 is 2.72 bits per heavy atom. The first kappa shape index (κ1) is 15.3. The highest BCUT2D eigenvalue weighted by atomic mass is 35.5. The summed E-state index contributed by atoms with van der Waals surface area (Å²) >= 11 is 6.28. The zero-order chi connectivity index (χ0) is 13.4. The van der Waals surface area contributed by atoms with Crippen LogP contribution in [0.1, 0.15) is 38.7 Å². The molecule has 0 radical (unpaired) electrons. The summed E-state index contributed by atoms with van der Waals surface area (Å²) in [5.74, 6) is 0.882. The molecule has 0 fully saturated rings. The third-order valence-electron chi connectivity index (χ3n) is 2.92. The molecule has 1 aromatic heterocycles. The Kier molecular flexibility index (Phi) is 7.06. The van der Waals surface area contributed by atoms with Gasteiger partial charge in [0.25, 0.3) is 0 Å². The predicted molar refractivity (Wildman–Crippen MR) is 79.4 cm³/mol.